The van der Waals surface area contributed by atoms with Gasteiger partial charge in [0.25, 0.3) is 0 Å². The molecule has 0 spiro atoms. The maximum absolute atomic E-state index is 9.82. The Morgan fingerprint density at radius 2 is 1.79 bits per heavy atom. The predicted molar refractivity (Wildman–Crippen MR) is 76.0 cm³/mol. The lowest BCUT2D eigenvalue weighted by Gasteiger charge is -2.03. The van der Waals surface area contributed by atoms with Gasteiger partial charge in [0.05, 0.1) is 6.61 Å². The minimum absolute atomic E-state index is 0.00410. The monoisotopic (exact) mass is 256 g/mol. The molecule has 19 heavy (non-hydrogen) atoms. The first kappa shape index (κ1) is 13.2. The van der Waals surface area contributed by atoms with Crippen LogP contribution in [0.1, 0.15) is 5.56 Å². The molecule has 3 heteroatoms. The van der Waals surface area contributed by atoms with E-state index in [1.807, 2.05) is 54.6 Å². The van der Waals surface area contributed by atoms with Crippen LogP contribution in [0.4, 0.5) is 0 Å². The van der Waals surface area contributed by atoms with Crippen LogP contribution in [0.3, 0.4) is 0 Å². The van der Waals surface area contributed by atoms with Gasteiger partial charge in [0.2, 0.25) is 0 Å². The van der Waals surface area contributed by atoms with E-state index in [2.05, 4.69) is 0 Å². The number of aliphatic hydroxyl groups is 2. The Morgan fingerprint density at radius 1 is 1.11 bits per heavy atom. The van der Waals surface area contributed by atoms with Crippen molar-refractivity contribution in [3.8, 4) is 5.75 Å². The van der Waals surface area contributed by atoms with Crippen LogP contribution in [-0.4, -0.2) is 23.4 Å². The molecule has 2 N–H and O–H groups in total. The average Bonchev–Trinajstić information content (AvgIpc) is 2.98. The molecule has 0 aromatic heterocycles. The van der Waals surface area contributed by atoms with Gasteiger partial charge in [-0.25, -0.2) is 0 Å². The summed E-state index contributed by atoms with van der Waals surface area (Å²) in [5.41, 5.74) is 1.77. The molecule has 1 aromatic carbocycles. The van der Waals surface area contributed by atoms with E-state index in [0.717, 1.165) is 16.9 Å². The Morgan fingerprint density at radius 3 is 2.42 bits per heavy atom. The standard InChI is InChI=1S/C16H16O3/c17-11-12-19-15-8-5-13(6-9-15)7-10-16(18)14-3-1-2-4-14/h1-10,17-18H,11-12H2. The Kier molecular flexibility index (Phi) is 4.59. The first-order chi connectivity index (χ1) is 9.29. The number of benzene rings is 1. The van der Waals surface area contributed by atoms with Crippen LogP contribution >= 0.6 is 0 Å². The van der Waals surface area contributed by atoms with Crippen molar-refractivity contribution in [3.05, 3.63) is 71.5 Å². The number of hydrogen-bond acceptors (Lipinski definition) is 3. The molecule has 1 aliphatic carbocycles. The summed E-state index contributed by atoms with van der Waals surface area (Å²) in [6, 6.07) is 7.44. The molecule has 3 nitrogen and oxygen atoms in total. The number of allylic oxidation sites excluding steroid dienone is 6. The maximum atomic E-state index is 9.82. The molecule has 1 aliphatic rings. The van der Waals surface area contributed by atoms with Crippen molar-refractivity contribution in [2.24, 2.45) is 0 Å². The molecule has 0 unspecified atom stereocenters. The molecule has 0 aliphatic heterocycles. The van der Waals surface area contributed by atoms with Crippen LogP contribution in [0.5, 0.6) is 5.75 Å². The second kappa shape index (κ2) is 6.61. The van der Waals surface area contributed by atoms with Crippen molar-refractivity contribution < 1.29 is 14.9 Å². The van der Waals surface area contributed by atoms with Crippen molar-refractivity contribution >= 4 is 6.08 Å². The highest BCUT2D eigenvalue weighted by Gasteiger charge is 1.98. The molecule has 0 heterocycles. The summed E-state index contributed by atoms with van der Waals surface area (Å²) >= 11 is 0. The summed E-state index contributed by atoms with van der Waals surface area (Å²) in [5.74, 6) is 0.959. The summed E-state index contributed by atoms with van der Waals surface area (Å²) in [5, 5.41) is 18.5. The molecule has 0 saturated carbocycles. The molecule has 0 radical (unpaired) electrons. The normalized spacial score (nSPS) is 13.4. The van der Waals surface area contributed by atoms with Gasteiger partial charge in [0, 0.05) is 5.57 Å². The third-order valence-corrected chi connectivity index (χ3v) is 2.63. The lowest BCUT2D eigenvalue weighted by atomic mass is 10.1. The molecule has 2 rings (SSSR count). The second-order valence-corrected chi connectivity index (χ2v) is 4.03. The van der Waals surface area contributed by atoms with Crippen LogP contribution in [0.25, 0.3) is 6.08 Å². The minimum atomic E-state index is 0.00410. The summed E-state index contributed by atoms with van der Waals surface area (Å²) in [7, 11) is 0. The van der Waals surface area contributed by atoms with E-state index in [0.29, 0.717) is 6.61 Å². The SMILES string of the molecule is OCCOc1ccc(C=CC(O)=C2C=CC=C2)cc1. The maximum Gasteiger partial charge on any atom is 0.122 e. The van der Waals surface area contributed by atoms with Crippen molar-refractivity contribution in [3.63, 3.8) is 0 Å². The third kappa shape index (κ3) is 3.86. The fraction of sp³-hybridized carbons (Fsp3) is 0.125. The topological polar surface area (TPSA) is 49.7 Å². The largest absolute Gasteiger partial charge is 0.507 e. The fourth-order valence-electron chi connectivity index (χ4n) is 1.65. The molecular formula is C16H16O3. The van der Waals surface area contributed by atoms with Gasteiger partial charge >= 0.3 is 0 Å². The molecular weight excluding hydrogens is 240 g/mol. The quantitative estimate of drug-likeness (QED) is 0.796. The van der Waals surface area contributed by atoms with E-state index in [-0.39, 0.29) is 12.4 Å². The summed E-state index contributed by atoms with van der Waals surface area (Å²) < 4.78 is 5.27. The summed E-state index contributed by atoms with van der Waals surface area (Å²) in [6.07, 6.45) is 11.0. The van der Waals surface area contributed by atoms with E-state index in [9.17, 15) is 5.11 Å². The van der Waals surface area contributed by atoms with Crippen molar-refractivity contribution in [2.75, 3.05) is 13.2 Å². The van der Waals surface area contributed by atoms with Crippen molar-refractivity contribution in [1.29, 1.82) is 0 Å². The zero-order valence-electron chi connectivity index (χ0n) is 10.5. The fourth-order valence-corrected chi connectivity index (χ4v) is 1.65. The molecule has 1 aromatic rings. The highest BCUT2D eigenvalue weighted by atomic mass is 16.5. The number of ether oxygens (including phenoxy) is 1. The molecule has 0 atom stereocenters. The van der Waals surface area contributed by atoms with E-state index < -0.39 is 0 Å². The molecule has 0 bridgehead atoms. The Bertz CT molecular complexity index is 520. The number of rotatable bonds is 5. The van der Waals surface area contributed by atoms with Gasteiger partial charge in [-0.15, -0.1) is 0 Å². The van der Waals surface area contributed by atoms with Gasteiger partial charge in [-0.1, -0.05) is 42.5 Å². The van der Waals surface area contributed by atoms with E-state index >= 15 is 0 Å². The average molecular weight is 256 g/mol. The Labute approximate surface area is 112 Å². The molecule has 0 saturated heterocycles. The number of aliphatic hydroxyl groups excluding tert-OH is 2. The number of hydrogen-bond donors (Lipinski definition) is 2. The third-order valence-electron chi connectivity index (χ3n) is 2.63. The first-order valence-corrected chi connectivity index (χ1v) is 6.09. The minimum Gasteiger partial charge on any atom is -0.507 e. The van der Waals surface area contributed by atoms with Crippen LogP contribution in [-0.2, 0) is 0 Å². The summed E-state index contributed by atoms with van der Waals surface area (Å²) in [4.78, 5) is 0. The van der Waals surface area contributed by atoms with Crippen LogP contribution in [0, 0.1) is 0 Å². The van der Waals surface area contributed by atoms with Gasteiger partial charge < -0.3 is 14.9 Å². The van der Waals surface area contributed by atoms with Gasteiger partial charge in [0.1, 0.15) is 18.1 Å². The van der Waals surface area contributed by atoms with E-state index in [4.69, 9.17) is 9.84 Å². The lowest BCUT2D eigenvalue weighted by molar-refractivity contribution is 0.201. The van der Waals surface area contributed by atoms with Crippen LogP contribution < -0.4 is 4.74 Å². The van der Waals surface area contributed by atoms with Gasteiger partial charge in [-0.05, 0) is 23.8 Å². The smallest absolute Gasteiger partial charge is 0.122 e. The second-order valence-electron chi connectivity index (χ2n) is 4.03. The zero-order chi connectivity index (χ0) is 13.5. The van der Waals surface area contributed by atoms with E-state index in [1.165, 1.54) is 0 Å². The summed E-state index contributed by atoms with van der Waals surface area (Å²) in [6.45, 7) is 0.297. The van der Waals surface area contributed by atoms with Gasteiger partial charge in [-0.2, -0.15) is 0 Å². The zero-order valence-corrected chi connectivity index (χ0v) is 10.5. The Hall–Kier alpha value is -2.26. The molecule has 0 amide bonds. The highest BCUT2D eigenvalue weighted by Crippen LogP contribution is 2.16. The Balaban J connectivity index is 2.01. The first-order valence-electron chi connectivity index (χ1n) is 6.09. The highest BCUT2D eigenvalue weighted by molar-refractivity contribution is 5.55. The lowest BCUT2D eigenvalue weighted by Crippen LogP contribution is -2.01. The van der Waals surface area contributed by atoms with Gasteiger partial charge in [0.15, 0.2) is 0 Å². The van der Waals surface area contributed by atoms with Crippen molar-refractivity contribution in [2.45, 2.75) is 0 Å². The molecule has 98 valence electrons. The van der Waals surface area contributed by atoms with E-state index in [1.54, 1.807) is 6.08 Å². The van der Waals surface area contributed by atoms with Gasteiger partial charge in [-0.3, -0.25) is 0 Å². The van der Waals surface area contributed by atoms with Crippen molar-refractivity contribution in [1.82, 2.24) is 0 Å². The predicted octanol–water partition coefficient (Wildman–Crippen LogP) is 3.01. The van der Waals surface area contributed by atoms with Crippen LogP contribution in [0.2, 0.25) is 0 Å². The van der Waals surface area contributed by atoms with Crippen LogP contribution in [0.15, 0.2) is 66.0 Å². The molecule has 0 fully saturated rings.